The van der Waals surface area contributed by atoms with Crippen LogP contribution < -0.4 is 15.0 Å². The predicted octanol–water partition coefficient (Wildman–Crippen LogP) is 1.46. The summed E-state index contributed by atoms with van der Waals surface area (Å²) < 4.78 is 5.47. The number of fused-ring (bicyclic) bond motifs is 1. The van der Waals surface area contributed by atoms with Crippen LogP contribution >= 0.6 is 0 Å². The van der Waals surface area contributed by atoms with Gasteiger partial charge in [0, 0.05) is 6.54 Å². The Morgan fingerprint density at radius 3 is 2.90 bits per heavy atom. The van der Waals surface area contributed by atoms with Gasteiger partial charge in [-0.1, -0.05) is 6.07 Å². The van der Waals surface area contributed by atoms with Crippen LogP contribution in [0.15, 0.2) is 18.2 Å². The van der Waals surface area contributed by atoms with E-state index in [2.05, 4.69) is 5.32 Å². The zero-order valence-electron chi connectivity index (χ0n) is 12.3. The molecular weight excluding hydrogens is 268 g/mol. The molecule has 1 atom stereocenters. The van der Waals surface area contributed by atoms with E-state index in [4.69, 9.17) is 4.74 Å². The molecule has 1 aromatic rings. The van der Waals surface area contributed by atoms with Gasteiger partial charge in [-0.25, -0.2) is 0 Å². The molecule has 21 heavy (non-hydrogen) atoms. The lowest BCUT2D eigenvalue weighted by atomic mass is 9.88. The Balaban J connectivity index is 1.87. The van der Waals surface area contributed by atoms with Crippen molar-refractivity contribution in [3.05, 3.63) is 23.8 Å². The number of hydrogen-bond donors (Lipinski definition) is 2. The molecule has 1 aromatic carbocycles. The number of hydrogen-bond acceptors (Lipinski definition) is 4. The van der Waals surface area contributed by atoms with Crippen molar-refractivity contribution in [1.82, 2.24) is 5.32 Å². The number of nitrogens with one attached hydrogen (secondary N) is 1. The number of nitrogens with zero attached hydrogens (tertiary/aromatic N) is 1. The first-order valence-electron chi connectivity index (χ1n) is 7.66. The van der Waals surface area contributed by atoms with Crippen LogP contribution in [0, 0.1) is 5.92 Å². The minimum atomic E-state index is -0.479. The average Bonchev–Trinajstić information content (AvgIpc) is 2.54. The lowest BCUT2D eigenvalue weighted by Crippen LogP contribution is -2.38. The number of carbonyl (C=O) groups is 1. The lowest BCUT2D eigenvalue weighted by Gasteiger charge is -2.31. The molecule has 1 saturated heterocycles. The van der Waals surface area contributed by atoms with Crippen LogP contribution in [0.3, 0.4) is 0 Å². The molecule has 2 heterocycles. The molecule has 114 valence electrons. The Labute approximate surface area is 124 Å². The molecule has 0 spiro atoms. The van der Waals surface area contributed by atoms with Gasteiger partial charge in [0.25, 0.3) is 5.91 Å². The van der Waals surface area contributed by atoms with Crippen LogP contribution in [-0.2, 0) is 4.79 Å². The molecule has 5 heteroatoms. The minimum Gasteiger partial charge on any atom is -0.482 e. The van der Waals surface area contributed by atoms with Gasteiger partial charge in [0.05, 0.1) is 11.8 Å². The van der Waals surface area contributed by atoms with Gasteiger partial charge in [0.15, 0.2) is 6.61 Å². The second-order valence-corrected chi connectivity index (χ2v) is 5.69. The van der Waals surface area contributed by atoms with Crippen LogP contribution in [-0.4, -0.2) is 37.3 Å². The normalized spacial score (nSPS) is 20.9. The predicted molar refractivity (Wildman–Crippen MR) is 80.5 cm³/mol. The summed E-state index contributed by atoms with van der Waals surface area (Å²) in [7, 11) is 0. The summed E-state index contributed by atoms with van der Waals surface area (Å²) in [5.74, 6) is 0.968. The number of rotatable bonds is 3. The van der Waals surface area contributed by atoms with Crippen molar-refractivity contribution in [2.45, 2.75) is 25.9 Å². The van der Waals surface area contributed by atoms with E-state index in [1.165, 1.54) is 0 Å². The zero-order valence-corrected chi connectivity index (χ0v) is 12.3. The molecule has 3 rings (SSSR count). The van der Waals surface area contributed by atoms with Crippen LogP contribution in [0.1, 0.15) is 31.4 Å². The number of amides is 1. The van der Waals surface area contributed by atoms with Crippen molar-refractivity contribution < 1.29 is 14.6 Å². The summed E-state index contributed by atoms with van der Waals surface area (Å²) in [6.45, 7) is 4.56. The summed E-state index contributed by atoms with van der Waals surface area (Å²) in [4.78, 5) is 13.6. The fourth-order valence-electron chi connectivity index (χ4n) is 3.18. The molecule has 0 aromatic heterocycles. The van der Waals surface area contributed by atoms with Crippen LogP contribution in [0.25, 0.3) is 0 Å². The molecule has 0 radical (unpaired) electrons. The van der Waals surface area contributed by atoms with Crippen LogP contribution in [0.5, 0.6) is 5.75 Å². The van der Waals surface area contributed by atoms with Gasteiger partial charge in [-0.15, -0.1) is 0 Å². The average molecular weight is 290 g/mol. The van der Waals surface area contributed by atoms with Crippen LogP contribution in [0.2, 0.25) is 0 Å². The largest absolute Gasteiger partial charge is 0.482 e. The Bertz CT molecular complexity index is 526. The number of carbonyl (C=O) groups excluding carboxylic acids is 1. The summed E-state index contributed by atoms with van der Waals surface area (Å²) in [6.07, 6.45) is 1.48. The first kappa shape index (κ1) is 14.4. The van der Waals surface area contributed by atoms with Crippen molar-refractivity contribution in [2.75, 3.05) is 31.1 Å². The molecule has 1 fully saturated rings. The molecule has 5 nitrogen and oxygen atoms in total. The second kappa shape index (κ2) is 6.03. The molecule has 2 aliphatic heterocycles. The fraction of sp³-hybridized carbons (Fsp3) is 0.562. The maximum absolute atomic E-state index is 11.9. The monoisotopic (exact) mass is 290 g/mol. The fourth-order valence-corrected chi connectivity index (χ4v) is 3.18. The number of likely N-dealkylation sites (N-methyl/N-ethyl adjacent to an activating group) is 1. The van der Waals surface area contributed by atoms with Gasteiger partial charge >= 0.3 is 0 Å². The maximum atomic E-state index is 11.9. The highest BCUT2D eigenvalue weighted by atomic mass is 16.5. The third kappa shape index (κ3) is 2.76. The highest BCUT2D eigenvalue weighted by Crippen LogP contribution is 2.37. The van der Waals surface area contributed by atoms with E-state index in [1.807, 2.05) is 25.1 Å². The van der Waals surface area contributed by atoms with Gasteiger partial charge in [-0.05, 0) is 56.5 Å². The smallest absolute Gasteiger partial charge is 0.265 e. The van der Waals surface area contributed by atoms with Crippen molar-refractivity contribution in [3.8, 4) is 5.75 Å². The first-order chi connectivity index (χ1) is 10.2. The molecule has 2 N–H and O–H groups in total. The molecule has 2 aliphatic rings. The van der Waals surface area contributed by atoms with Crippen LogP contribution in [0.4, 0.5) is 5.69 Å². The number of anilines is 1. The molecule has 0 aliphatic carbocycles. The highest BCUT2D eigenvalue weighted by molar-refractivity contribution is 5.97. The Morgan fingerprint density at radius 1 is 1.43 bits per heavy atom. The van der Waals surface area contributed by atoms with Crippen molar-refractivity contribution in [1.29, 1.82) is 0 Å². The van der Waals surface area contributed by atoms with Gasteiger partial charge < -0.3 is 20.1 Å². The van der Waals surface area contributed by atoms with E-state index in [-0.39, 0.29) is 18.4 Å². The SMILES string of the molecule is CCN1C(=O)COc2ccc(C(O)C3CCNCC3)cc21. The van der Waals surface area contributed by atoms with Gasteiger partial charge in [-0.3, -0.25) is 4.79 Å². The Morgan fingerprint density at radius 2 is 2.19 bits per heavy atom. The van der Waals surface area contributed by atoms with E-state index >= 15 is 0 Å². The van der Waals surface area contributed by atoms with Gasteiger partial charge in [-0.2, -0.15) is 0 Å². The number of ether oxygens (including phenoxy) is 1. The van der Waals surface area contributed by atoms with E-state index in [9.17, 15) is 9.90 Å². The van der Waals surface area contributed by atoms with E-state index in [1.54, 1.807) is 4.90 Å². The molecule has 0 saturated carbocycles. The zero-order chi connectivity index (χ0) is 14.8. The van der Waals surface area contributed by atoms with Gasteiger partial charge in [0.1, 0.15) is 5.75 Å². The van der Waals surface area contributed by atoms with E-state index < -0.39 is 6.10 Å². The highest BCUT2D eigenvalue weighted by Gasteiger charge is 2.28. The number of aliphatic hydroxyl groups is 1. The van der Waals surface area contributed by atoms with E-state index in [0.717, 1.165) is 42.9 Å². The van der Waals surface area contributed by atoms with Crippen molar-refractivity contribution in [3.63, 3.8) is 0 Å². The van der Waals surface area contributed by atoms with E-state index in [0.29, 0.717) is 6.54 Å². The molecule has 1 unspecified atom stereocenters. The molecular formula is C16H22N2O3. The number of benzene rings is 1. The molecule has 0 bridgehead atoms. The Kier molecular flexibility index (Phi) is 4.12. The lowest BCUT2D eigenvalue weighted by molar-refractivity contribution is -0.121. The van der Waals surface area contributed by atoms with Crippen molar-refractivity contribution >= 4 is 11.6 Å². The number of aliphatic hydroxyl groups excluding tert-OH is 1. The summed E-state index contributed by atoms with van der Waals surface area (Å²) >= 11 is 0. The Hall–Kier alpha value is -1.59. The third-order valence-electron chi connectivity index (χ3n) is 4.41. The second-order valence-electron chi connectivity index (χ2n) is 5.69. The quantitative estimate of drug-likeness (QED) is 0.885. The first-order valence-corrected chi connectivity index (χ1v) is 7.66. The minimum absolute atomic E-state index is 0.0292. The maximum Gasteiger partial charge on any atom is 0.265 e. The summed E-state index contributed by atoms with van der Waals surface area (Å²) in [5.41, 5.74) is 1.65. The third-order valence-corrected chi connectivity index (χ3v) is 4.41. The molecule has 1 amide bonds. The summed E-state index contributed by atoms with van der Waals surface area (Å²) in [5, 5.41) is 13.9. The summed E-state index contributed by atoms with van der Waals surface area (Å²) in [6, 6.07) is 5.68. The van der Waals surface area contributed by atoms with Crippen molar-refractivity contribution in [2.24, 2.45) is 5.92 Å². The number of piperidine rings is 1. The standard InChI is InChI=1S/C16H22N2O3/c1-2-18-13-9-12(3-4-14(13)21-10-15(18)19)16(20)11-5-7-17-8-6-11/h3-4,9,11,16-17,20H,2,5-8,10H2,1H3. The topological polar surface area (TPSA) is 61.8 Å². The van der Waals surface area contributed by atoms with Gasteiger partial charge in [0.2, 0.25) is 0 Å².